The fourth-order valence-electron chi connectivity index (χ4n) is 3.01. The predicted molar refractivity (Wildman–Crippen MR) is 110 cm³/mol. The molecule has 6 heteroatoms. The van der Waals surface area contributed by atoms with Gasteiger partial charge in [0, 0.05) is 17.4 Å². The van der Waals surface area contributed by atoms with E-state index in [1.165, 1.54) is 6.07 Å². The first kappa shape index (κ1) is 20.7. The van der Waals surface area contributed by atoms with Crippen LogP contribution in [0.15, 0.2) is 53.1 Å². The van der Waals surface area contributed by atoms with Gasteiger partial charge in [0.25, 0.3) is 11.8 Å². The second-order valence-electron chi connectivity index (χ2n) is 8.77. The number of hydrogen-bond acceptors (Lipinski definition) is 4. The van der Waals surface area contributed by atoms with Crippen molar-refractivity contribution in [2.75, 3.05) is 6.54 Å². The Hall–Kier alpha value is -3.02. The van der Waals surface area contributed by atoms with Gasteiger partial charge in [-0.1, -0.05) is 70.1 Å². The van der Waals surface area contributed by atoms with E-state index < -0.39 is 5.41 Å². The van der Waals surface area contributed by atoms with E-state index in [0.29, 0.717) is 28.4 Å². The number of carbonyl (C=O) groups excluding carboxylic acids is 1. The molecule has 0 atom stereocenters. The van der Waals surface area contributed by atoms with Crippen LogP contribution >= 0.6 is 0 Å². The Morgan fingerprint density at radius 1 is 1.03 bits per heavy atom. The minimum Gasteiger partial charge on any atom is -0.351 e. The number of aromatic nitrogens is 2. The van der Waals surface area contributed by atoms with Crippen LogP contribution in [-0.2, 0) is 10.8 Å². The van der Waals surface area contributed by atoms with E-state index in [9.17, 15) is 9.18 Å². The van der Waals surface area contributed by atoms with Crippen molar-refractivity contribution in [3.05, 3.63) is 71.3 Å². The first-order valence-corrected chi connectivity index (χ1v) is 9.56. The number of halogens is 1. The number of amides is 1. The van der Waals surface area contributed by atoms with Gasteiger partial charge in [-0.25, -0.2) is 4.39 Å². The lowest BCUT2D eigenvalue weighted by molar-refractivity contribution is 0.0945. The van der Waals surface area contributed by atoms with Gasteiger partial charge in [0.2, 0.25) is 0 Å². The molecule has 1 aromatic heterocycles. The highest BCUT2D eigenvalue weighted by molar-refractivity contribution is 6.00. The smallest absolute Gasteiger partial charge is 0.258 e. The highest BCUT2D eigenvalue weighted by Crippen LogP contribution is 2.27. The molecule has 5 nitrogen and oxygen atoms in total. The summed E-state index contributed by atoms with van der Waals surface area (Å²) in [5.74, 6) is 0.311. The molecule has 0 bridgehead atoms. The second kappa shape index (κ2) is 7.78. The summed E-state index contributed by atoms with van der Waals surface area (Å²) in [6.45, 7) is 10.0. The van der Waals surface area contributed by atoms with E-state index in [1.807, 2.05) is 40.7 Å². The van der Waals surface area contributed by atoms with Crippen molar-refractivity contribution in [3.8, 4) is 11.5 Å². The molecule has 0 unspecified atom stereocenters. The van der Waals surface area contributed by atoms with Crippen LogP contribution < -0.4 is 5.32 Å². The van der Waals surface area contributed by atoms with Gasteiger partial charge < -0.3 is 9.84 Å². The van der Waals surface area contributed by atoms with Gasteiger partial charge in [-0.3, -0.25) is 4.79 Å². The fourth-order valence-corrected chi connectivity index (χ4v) is 3.01. The van der Waals surface area contributed by atoms with Gasteiger partial charge in [-0.05, 0) is 23.8 Å². The molecule has 0 radical (unpaired) electrons. The Morgan fingerprint density at radius 3 is 2.34 bits per heavy atom. The first-order chi connectivity index (χ1) is 13.6. The van der Waals surface area contributed by atoms with Crippen LogP contribution in [0, 0.1) is 5.82 Å². The average molecular weight is 395 g/mol. The van der Waals surface area contributed by atoms with Crippen LogP contribution in [0.5, 0.6) is 0 Å². The van der Waals surface area contributed by atoms with E-state index in [1.54, 1.807) is 36.4 Å². The Kier molecular flexibility index (Phi) is 5.55. The minimum absolute atomic E-state index is 0.261. The van der Waals surface area contributed by atoms with Gasteiger partial charge in [0.05, 0.1) is 11.1 Å². The Labute approximate surface area is 170 Å². The van der Waals surface area contributed by atoms with Crippen molar-refractivity contribution in [1.82, 2.24) is 15.5 Å². The van der Waals surface area contributed by atoms with Gasteiger partial charge >= 0.3 is 0 Å². The fraction of sp³-hybridized carbons (Fsp3) is 0.348. The zero-order chi connectivity index (χ0) is 21.2. The van der Waals surface area contributed by atoms with Crippen molar-refractivity contribution in [1.29, 1.82) is 0 Å². The molecule has 3 rings (SSSR count). The highest BCUT2D eigenvalue weighted by Gasteiger charge is 2.27. The molecule has 1 heterocycles. The summed E-state index contributed by atoms with van der Waals surface area (Å²) in [7, 11) is 0. The molecule has 152 valence electrons. The number of nitrogens with one attached hydrogen (secondary N) is 1. The van der Waals surface area contributed by atoms with E-state index in [0.717, 1.165) is 0 Å². The van der Waals surface area contributed by atoms with E-state index in [4.69, 9.17) is 4.52 Å². The lowest BCUT2D eigenvalue weighted by Crippen LogP contribution is -2.37. The average Bonchev–Trinajstić information content (AvgIpc) is 3.17. The predicted octanol–water partition coefficient (Wildman–Crippen LogP) is 4.88. The second-order valence-corrected chi connectivity index (χ2v) is 8.77. The zero-order valence-electron chi connectivity index (χ0n) is 17.4. The Morgan fingerprint density at radius 2 is 1.69 bits per heavy atom. The van der Waals surface area contributed by atoms with Crippen LogP contribution in [-0.4, -0.2) is 22.6 Å². The summed E-state index contributed by atoms with van der Waals surface area (Å²) in [5, 5.41) is 6.96. The third kappa shape index (κ3) is 4.53. The third-order valence-corrected chi connectivity index (χ3v) is 4.79. The van der Waals surface area contributed by atoms with E-state index in [-0.39, 0.29) is 23.7 Å². The molecule has 29 heavy (non-hydrogen) atoms. The number of rotatable bonds is 5. The summed E-state index contributed by atoms with van der Waals surface area (Å²) in [6.07, 6.45) is 0. The highest BCUT2D eigenvalue weighted by atomic mass is 19.1. The molecule has 0 fully saturated rings. The summed E-state index contributed by atoms with van der Waals surface area (Å²) in [5.41, 5.74) is 0.723. The van der Waals surface area contributed by atoms with E-state index in [2.05, 4.69) is 15.5 Å². The molecule has 0 saturated heterocycles. The minimum atomic E-state index is -0.570. The maximum Gasteiger partial charge on any atom is 0.258 e. The summed E-state index contributed by atoms with van der Waals surface area (Å²) in [6, 6.07) is 13.7. The normalized spacial score (nSPS) is 12.1. The van der Waals surface area contributed by atoms with Crippen LogP contribution in [0.2, 0.25) is 0 Å². The summed E-state index contributed by atoms with van der Waals surface area (Å²) < 4.78 is 19.6. The van der Waals surface area contributed by atoms with Gasteiger partial charge in [0.15, 0.2) is 5.82 Å². The zero-order valence-corrected chi connectivity index (χ0v) is 17.4. The molecule has 1 amide bonds. The molecule has 3 aromatic rings. The molecule has 0 spiro atoms. The lowest BCUT2D eigenvalue weighted by atomic mass is 9.84. The van der Waals surface area contributed by atoms with Crippen molar-refractivity contribution in [2.45, 2.75) is 45.4 Å². The SMILES string of the molecule is CC(C)(C)c1noc(-c2ccccc2C(=O)NCC(C)(C)c2ccccc2F)n1. The molecular weight excluding hydrogens is 369 g/mol. The van der Waals surface area contributed by atoms with Crippen molar-refractivity contribution in [2.24, 2.45) is 0 Å². The quantitative estimate of drug-likeness (QED) is 0.668. The Balaban J connectivity index is 1.82. The topological polar surface area (TPSA) is 68.0 Å². The van der Waals surface area contributed by atoms with Crippen molar-refractivity contribution >= 4 is 5.91 Å². The molecular formula is C23H26FN3O2. The Bertz CT molecular complexity index is 1020. The van der Waals surface area contributed by atoms with Gasteiger partial charge in [-0.15, -0.1) is 0 Å². The monoisotopic (exact) mass is 395 g/mol. The molecule has 1 N–H and O–H groups in total. The van der Waals surface area contributed by atoms with E-state index >= 15 is 0 Å². The third-order valence-electron chi connectivity index (χ3n) is 4.79. The lowest BCUT2D eigenvalue weighted by Gasteiger charge is -2.26. The van der Waals surface area contributed by atoms with Gasteiger partial charge in [-0.2, -0.15) is 4.98 Å². The molecule has 0 saturated carbocycles. The van der Waals surface area contributed by atoms with Crippen LogP contribution in [0.3, 0.4) is 0 Å². The van der Waals surface area contributed by atoms with Crippen molar-refractivity contribution in [3.63, 3.8) is 0 Å². The standard InChI is InChI=1S/C23H26FN3O2/c1-22(2,3)21-26-20(29-27-21)16-11-7-6-10-15(16)19(28)25-14-23(4,5)17-12-8-9-13-18(17)24/h6-13H,14H2,1-5H3,(H,25,28). The number of benzene rings is 2. The summed E-state index contributed by atoms with van der Waals surface area (Å²) >= 11 is 0. The molecule has 0 aliphatic carbocycles. The molecule has 2 aromatic carbocycles. The first-order valence-electron chi connectivity index (χ1n) is 9.56. The van der Waals surface area contributed by atoms with Crippen LogP contribution in [0.1, 0.15) is 56.4 Å². The van der Waals surface area contributed by atoms with Crippen LogP contribution in [0.4, 0.5) is 4.39 Å². The number of hydrogen-bond donors (Lipinski definition) is 1. The molecule has 0 aliphatic rings. The maximum atomic E-state index is 14.2. The van der Waals surface area contributed by atoms with Crippen LogP contribution in [0.25, 0.3) is 11.5 Å². The number of carbonyl (C=O) groups is 1. The largest absolute Gasteiger partial charge is 0.351 e. The maximum absolute atomic E-state index is 14.2. The van der Waals surface area contributed by atoms with Gasteiger partial charge in [0.1, 0.15) is 5.82 Å². The van der Waals surface area contributed by atoms with Crippen molar-refractivity contribution < 1.29 is 13.7 Å². The number of nitrogens with zero attached hydrogens (tertiary/aromatic N) is 2. The summed E-state index contributed by atoms with van der Waals surface area (Å²) in [4.78, 5) is 17.4. The molecule has 0 aliphatic heterocycles.